The summed E-state index contributed by atoms with van der Waals surface area (Å²) in [6.07, 6.45) is 6.86. The summed E-state index contributed by atoms with van der Waals surface area (Å²) in [5, 5.41) is 13.8. The van der Waals surface area contributed by atoms with Gasteiger partial charge in [-0.15, -0.1) is 5.10 Å². The molecule has 0 amide bonds. The van der Waals surface area contributed by atoms with Crippen molar-refractivity contribution in [1.29, 1.82) is 0 Å². The number of hydrogen-bond donors (Lipinski definition) is 1. The summed E-state index contributed by atoms with van der Waals surface area (Å²) >= 11 is 0. The Kier molecular flexibility index (Phi) is 4.86. The lowest BCUT2D eigenvalue weighted by Gasteiger charge is -2.36. The van der Waals surface area contributed by atoms with Gasteiger partial charge in [0.15, 0.2) is 17.3 Å². The maximum atomic E-state index is 13.4. The number of aromatic amines is 1. The highest BCUT2D eigenvalue weighted by Crippen LogP contribution is 2.38. The highest BCUT2D eigenvalue weighted by Gasteiger charge is 2.35. The number of ether oxygens (including phenoxy) is 2. The minimum absolute atomic E-state index is 0.111. The molecular weight excluding hydrogens is 408 g/mol. The molecule has 9 nitrogen and oxygen atoms in total. The van der Waals surface area contributed by atoms with Crippen LogP contribution in [0.25, 0.3) is 10.9 Å². The average Bonchev–Trinajstić information content (AvgIpc) is 3.54. The van der Waals surface area contributed by atoms with Crippen LogP contribution in [0.2, 0.25) is 0 Å². The van der Waals surface area contributed by atoms with Gasteiger partial charge >= 0.3 is 0 Å². The molecule has 3 aromatic rings. The number of H-pyrrole nitrogens is 1. The molecule has 0 spiro atoms. The fourth-order valence-electron chi connectivity index (χ4n) is 5.56. The van der Waals surface area contributed by atoms with E-state index in [4.69, 9.17) is 9.47 Å². The zero-order valence-corrected chi connectivity index (χ0v) is 18.3. The number of likely N-dealkylation sites (tertiary alicyclic amines) is 1. The largest absolute Gasteiger partial charge is 0.454 e. The molecule has 9 heteroatoms. The van der Waals surface area contributed by atoms with E-state index in [9.17, 15) is 4.79 Å². The first-order valence-electron chi connectivity index (χ1n) is 11.7. The van der Waals surface area contributed by atoms with E-state index in [1.807, 2.05) is 22.9 Å². The molecule has 32 heavy (non-hydrogen) atoms. The van der Waals surface area contributed by atoms with Crippen molar-refractivity contribution in [1.82, 2.24) is 30.1 Å². The minimum atomic E-state index is -0.285. The topological polar surface area (TPSA) is 98.2 Å². The molecule has 3 aliphatic rings. The second kappa shape index (κ2) is 7.88. The van der Waals surface area contributed by atoms with E-state index in [2.05, 4.69) is 32.3 Å². The molecule has 2 fully saturated rings. The van der Waals surface area contributed by atoms with Gasteiger partial charge in [0.25, 0.3) is 5.56 Å². The molecule has 1 saturated carbocycles. The van der Waals surface area contributed by atoms with Crippen LogP contribution in [0.3, 0.4) is 0 Å². The van der Waals surface area contributed by atoms with Crippen molar-refractivity contribution in [3.63, 3.8) is 0 Å². The third-order valence-electron chi connectivity index (χ3n) is 7.15. The number of benzene rings is 1. The number of pyridine rings is 1. The van der Waals surface area contributed by atoms with Crippen molar-refractivity contribution in [3.8, 4) is 11.5 Å². The fourth-order valence-corrected chi connectivity index (χ4v) is 5.56. The predicted molar refractivity (Wildman–Crippen MR) is 118 cm³/mol. The second-order valence-electron chi connectivity index (χ2n) is 9.41. The van der Waals surface area contributed by atoms with Gasteiger partial charge in [-0.25, -0.2) is 4.68 Å². The van der Waals surface area contributed by atoms with Crippen molar-refractivity contribution in [2.24, 2.45) is 5.92 Å². The number of aromatic nitrogens is 5. The van der Waals surface area contributed by atoms with Gasteiger partial charge in [-0.05, 0) is 60.7 Å². The molecule has 168 valence electrons. The van der Waals surface area contributed by atoms with E-state index in [1.165, 1.54) is 19.3 Å². The first-order chi connectivity index (χ1) is 15.7. The molecule has 4 heterocycles. The van der Waals surface area contributed by atoms with Crippen molar-refractivity contribution in [2.45, 2.75) is 57.5 Å². The van der Waals surface area contributed by atoms with Gasteiger partial charge in [0, 0.05) is 23.6 Å². The summed E-state index contributed by atoms with van der Waals surface area (Å²) in [5.74, 6) is 2.70. The van der Waals surface area contributed by atoms with Crippen molar-refractivity contribution in [2.75, 3.05) is 19.9 Å². The smallest absolute Gasteiger partial charge is 0.253 e. The Labute approximate surface area is 185 Å². The summed E-state index contributed by atoms with van der Waals surface area (Å²) in [5.41, 5.74) is 1.31. The zero-order chi connectivity index (χ0) is 21.7. The maximum Gasteiger partial charge on any atom is 0.253 e. The number of nitrogens with zero attached hydrogens (tertiary/aromatic N) is 5. The standard InChI is InChI=1S/C23H28N6O3/c1-14-5-4-8-28(12-14)21(22-25-26-27-29(22)16-6-2-3-7-16)17-9-15-10-19-20(32-13-31-19)11-18(15)24-23(17)30/h9-11,14,16,21H,2-8,12-13H2,1H3,(H,24,30)/t14-,21-/m0/s1. The number of nitrogens with one attached hydrogen (secondary N) is 1. The minimum Gasteiger partial charge on any atom is -0.454 e. The summed E-state index contributed by atoms with van der Waals surface area (Å²) in [7, 11) is 0. The van der Waals surface area contributed by atoms with Crippen molar-refractivity contribution < 1.29 is 9.47 Å². The van der Waals surface area contributed by atoms with Gasteiger partial charge in [-0.3, -0.25) is 9.69 Å². The highest BCUT2D eigenvalue weighted by molar-refractivity contribution is 5.83. The monoisotopic (exact) mass is 436 g/mol. The van der Waals surface area contributed by atoms with E-state index < -0.39 is 0 Å². The highest BCUT2D eigenvalue weighted by atomic mass is 16.7. The Bertz CT molecular complexity index is 1200. The van der Waals surface area contributed by atoms with E-state index in [-0.39, 0.29) is 18.4 Å². The van der Waals surface area contributed by atoms with Crippen molar-refractivity contribution in [3.05, 3.63) is 39.9 Å². The molecule has 2 aromatic heterocycles. The Morgan fingerprint density at radius 1 is 1.09 bits per heavy atom. The number of hydrogen-bond acceptors (Lipinski definition) is 7. The van der Waals surface area contributed by atoms with Crippen LogP contribution in [0, 0.1) is 5.92 Å². The Morgan fingerprint density at radius 2 is 1.91 bits per heavy atom. The zero-order valence-electron chi connectivity index (χ0n) is 18.3. The molecule has 1 aliphatic carbocycles. The third-order valence-corrected chi connectivity index (χ3v) is 7.15. The van der Waals surface area contributed by atoms with E-state index in [0.717, 1.165) is 49.1 Å². The van der Waals surface area contributed by atoms with Crippen LogP contribution in [-0.2, 0) is 0 Å². The Morgan fingerprint density at radius 3 is 2.72 bits per heavy atom. The Balaban J connectivity index is 1.50. The molecule has 0 radical (unpaired) electrons. The van der Waals surface area contributed by atoms with E-state index in [0.29, 0.717) is 29.0 Å². The lowest BCUT2D eigenvalue weighted by molar-refractivity contribution is 0.139. The number of piperidine rings is 1. The number of fused-ring (bicyclic) bond motifs is 2. The lowest BCUT2D eigenvalue weighted by Crippen LogP contribution is -2.41. The van der Waals surface area contributed by atoms with Gasteiger partial charge < -0.3 is 14.5 Å². The van der Waals surface area contributed by atoms with Crippen molar-refractivity contribution >= 4 is 10.9 Å². The fraction of sp³-hybridized carbons (Fsp3) is 0.565. The van der Waals surface area contributed by atoms with Gasteiger partial charge in [0.05, 0.1) is 11.6 Å². The quantitative estimate of drug-likeness (QED) is 0.671. The van der Waals surface area contributed by atoms with Crippen LogP contribution >= 0.6 is 0 Å². The summed E-state index contributed by atoms with van der Waals surface area (Å²) < 4.78 is 13.0. The molecule has 1 N–H and O–H groups in total. The summed E-state index contributed by atoms with van der Waals surface area (Å²) in [4.78, 5) is 18.9. The van der Waals surface area contributed by atoms with Crippen LogP contribution in [0.15, 0.2) is 23.0 Å². The lowest BCUT2D eigenvalue weighted by atomic mass is 9.95. The third kappa shape index (κ3) is 3.35. The van der Waals surface area contributed by atoms with Crippen LogP contribution < -0.4 is 15.0 Å². The normalized spacial score (nSPS) is 22.6. The molecule has 0 bridgehead atoms. The molecule has 1 saturated heterocycles. The molecular formula is C23H28N6O3. The second-order valence-corrected chi connectivity index (χ2v) is 9.41. The van der Waals surface area contributed by atoms with Crippen LogP contribution in [-0.4, -0.2) is 50.0 Å². The van der Waals surface area contributed by atoms with Crippen LogP contribution in [0.1, 0.15) is 68.9 Å². The van der Waals surface area contributed by atoms with Crippen LogP contribution in [0.4, 0.5) is 0 Å². The van der Waals surface area contributed by atoms with Gasteiger partial charge in [0.2, 0.25) is 6.79 Å². The van der Waals surface area contributed by atoms with Gasteiger partial charge in [-0.2, -0.15) is 0 Å². The van der Waals surface area contributed by atoms with E-state index in [1.54, 1.807) is 0 Å². The summed E-state index contributed by atoms with van der Waals surface area (Å²) in [6.45, 7) is 4.31. The molecule has 1 aromatic carbocycles. The maximum absolute atomic E-state index is 13.4. The van der Waals surface area contributed by atoms with Gasteiger partial charge in [-0.1, -0.05) is 19.8 Å². The summed E-state index contributed by atoms with van der Waals surface area (Å²) in [6, 6.07) is 5.77. The predicted octanol–water partition coefficient (Wildman–Crippen LogP) is 3.18. The molecule has 2 atom stereocenters. The molecule has 2 aliphatic heterocycles. The number of tetrazole rings is 1. The first-order valence-corrected chi connectivity index (χ1v) is 11.7. The Hall–Kier alpha value is -2.94. The van der Waals surface area contributed by atoms with Crippen LogP contribution in [0.5, 0.6) is 11.5 Å². The first kappa shape index (κ1) is 19.7. The number of rotatable bonds is 4. The molecule has 6 rings (SSSR count). The average molecular weight is 437 g/mol. The van der Waals surface area contributed by atoms with Gasteiger partial charge in [0.1, 0.15) is 6.04 Å². The SMILES string of the molecule is C[C@H]1CCCN([C@@H](c2cc3cc4c(cc3[nH]c2=O)OCO4)c2nnnn2C2CCCC2)C1. The van der Waals surface area contributed by atoms with E-state index >= 15 is 0 Å². The molecule has 0 unspecified atom stereocenters.